The van der Waals surface area contributed by atoms with Crippen LogP contribution in [0.3, 0.4) is 0 Å². The maximum absolute atomic E-state index is 12.0. The number of methoxy groups -OCH3 is 1. The summed E-state index contributed by atoms with van der Waals surface area (Å²) >= 11 is 0. The molecule has 0 fully saturated rings. The van der Waals surface area contributed by atoms with E-state index in [1.165, 1.54) is 19.2 Å². The zero-order valence-corrected chi connectivity index (χ0v) is 10.4. The molecule has 0 aliphatic carbocycles. The molecule has 0 saturated carbocycles. The van der Waals surface area contributed by atoms with E-state index >= 15 is 0 Å². The molecule has 0 atom stereocenters. The Kier molecular flexibility index (Phi) is 3.56. The van der Waals surface area contributed by atoms with E-state index in [-0.39, 0.29) is 11.7 Å². The van der Waals surface area contributed by atoms with Crippen LogP contribution in [-0.2, 0) is 0 Å². The Morgan fingerprint density at radius 1 is 1.26 bits per heavy atom. The van der Waals surface area contributed by atoms with Gasteiger partial charge in [0, 0.05) is 16.9 Å². The fourth-order valence-corrected chi connectivity index (χ4v) is 1.65. The van der Waals surface area contributed by atoms with Crippen LogP contribution in [0.25, 0.3) is 0 Å². The van der Waals surface area contributed by atoms with E-state index in [2.05, 4.69) is 5.32 Å². The van der Waals surface area contributed by atoms with E-state index in [0.717, 1.165) is 0 Å². The second-order valence-corrected chi connectivity index (χ2v) is 3.97. The number of benzene rings is 2. The first-order valence-electron chi connectivity index (χ1n) is 5.64. The van der Waals surface area contributed by atoms with Crippen molar-refractivity contribution in [3.8, 4) is 11.5 Å². The number of amides is 1. The topological polar surface area (TPSA) is 84.6 Å². The van der Waals surface area contributed by atoms with Crippen LogP contribution >= 0.6 is 0 Å². The Balaban J connectivity index is 2.18. The number of carbonyl (C=O) groups is 1. The Hall–Kier alpha value is -2.69. The van der Waals surface area contributed by atoms with Gasteiger partial charge in [-0.1, -0.05) is 6.07 Å². The van der Waals surface area contributed by atoms with Crippen molar-refractivity contribution in [2.24, 2.45) is 0 Å². The van der Waals surface area contributed by atoms with Crippen molar-refractivity contribution in [1.82, 2.24) is 0 Å². The van der Waals surface area contributed by atoms with E-state index in [1.807, 2.05) is 0 Å². The molecule has 98 valence electrons. The van der Waals surface area contributed by atoms with Gasteiger partial charge in [-0.2, -0.15) is 0 Å². The normalized spacial score (nSPS) is 9.95. The van der Waals surface area contributed by atoms with Crippen LogP contribution in [0, 0.1) is 0 Å². The molecule has 0 unspecified atom stereocenters. The summed E-state index contributed by atoms with van der Waals surface area (Å²) in [4.78, 5) is 12.0. The van der Waals surface area contributed by atoms with E-state index < -0.39 is 0 Å². The number of carbonyl (C=O) groups excluding carboxylic acids is 1. The number of phenolic OH excluding ortho intramolecular Hbond substituents is 1. The van der Waals surface area contributed by atoms with Crippen LogP contribution in [-0.4, -0.2) is 18.1 Å². The lowest BCUT2D eigenvalue weighted by Crippen LogP contribution is -2.11. The highest BCUT2D eigenvalue weighted by Gasteiger charge is 2.09. The summed E-state index contributed by atoms with van der Waals surface area (Å²) < 4.78 is 4.92. The molecule has 2 rings (SSSR count). The minimum absolute atomic E-state index is 0.0808. The van der Waals surface area contributed by atoms with Crippen molar-refractivity contribution in [1.29, 1.82) is 0 Å². The SMILES string of the molecule is COc1ccc(C(=O)Nc2cccc(N)c2)cc1O. The summed E-state index contributed by atoms with van der Waals surface area (Å²) in [6.45, 7) is 0. The van der Waals surface area contributed by atoms with Gasteiger partial charge in [-0.15, -0.1) is 0 Å². The smallest absolute Gasteiger partial charge is 0.255 e. The van der Waals surface area contributed by atoms with Crippen LogP contribution in [0.5, 0.6) is 11.5 Å². The maximum atomic E-state index is 12.0. The number of nitrogens with one attached hydrogen (secondary N) is 1. The van der Waals surface area contributed by atoms with Gasteiger partial charge in [-0.25, -0.2) is 0 Å². The number of nitrogens with two attached hydrogens (primary N) is 1. The van der Waals surface area contributed by atoms with Crippen LogP contribution in [0.2, 0.25) is 0 Å². The fourth-order valence-electron chi connectivity index (χ4n) is 1.65. The number of aromatic hydroxyl groups is 1. The first kappa shape index (κ1) is 12.8. The first-order chi connectivity index (χ1) is 9.10. The van der Waals surface area contributed by atoms with Crippen molar-refractivity contribution in [2.75, 3.05) is 18.2 Å². The molecule has 5 nitrogen and oxygen atoms in total. The lowest BCUT2D eigenvalue weighted by molar-refractivity contribution is 0.102. The van der Waals surface area contributed by atoms with Gasteiger partial charge in [0.25, 0.3) is 5.91 Å². The van der Waals surface area contributed by atoms with Crippen LogP contribution in [0.15, 0.2) is 42.5 Å². The zero-order valence-electron chi connectivity index (χ0n) is 10.4. The highest BCUT2D eigenvalue weighted by atomic mass is 16.5. The Morgan fingerprint density at radius 2 is 2.05 bits per heavy atom. The molecular formula is C14H14N2O3. The summed E-state index contributed by atoms with van der Waals surface area (Å²) in [7, 11) is 1.45. The van der Waals surface area contributed by atoms with E-state index in [1.54, 1.807) is 30.3 Å². The highest BCUT2D eigenvalue weighted by Crippen LogP contribution is 2.26. The predicted molar refractivity (Wildman–Crippen MR) is 73.5 cm³/mol. The van der Waals surface area contributed by atoms with Crippen LogP contribution in [0.4, 0.5) is 11.4 Å². The second-order valence-electron chi connectivity index (χ2n) is 3.97. The highest BCUT2D eigenvalue weighted by molar-refractivity contribution is 6.04. The summed E-state index contributed by atoms with van der Waals surface area (Å²) in [5.74, 6) is -0.0909. The van der Waals surface area contributed by atoms with Gasteiger partial charge in [0.15, 0.2) is 11.5 Å². The average Bonchev–Trinajstić information content (AvgIpc) is 2.38. The standard InChI is InChI=1S/C14H14N2O3/c1-19-13-6-5-9(7-12(13)17)14(18)16-11-4-2-3-10(15)8-11/h2-8,17H,15H2,1H3,(H,16,18). The van der Waals surface area contributed by atoms with Gasteiger partial charge in [0.05, 0.1) is 7.11 Å². The third kappa shape index (κ3) is 2.95. The minimum atomic E-state index is -0.330. The molecule has 4 N–H and O–H groups in total. The number of phenols is 1. The molecule has 1 amide bonds. The zero-order chi connectivity index (χ0) is 13.8. The third-order valence-electron chi connectivity index (χ3n) is 2.59. The van der Waals surface area contributed by atoms with Crippen LogP contribution < -0.4 is 15.8 Å². The fraction of sp³-hybridized carbons (Fsp3) is 0.0714. The molecule has 0 aliphatic heterocycles. The van der Waals surface area contributed by atoms with Gasteiger partial charge >= 0.3 is 0 Å². The molecule has 0 spiro atoms. The predicted octanol–water partition coefficient (Wildman–Crippen LogP) is 2.24. The largest absolute Gasteiger partial charge is 0.504 e. The quantitative estimate of drug-likeness (QED) is 0.737. The first-order valence-corrected chi connectivity index (χ1v) is 5.64. The number of hydrogen-bond acceptors (Lipinski definition) is 4. The van der Waals surface area contributed by atoms with Crippen LogP contribution in [0.1, 0.15) is 10.4 Å². The molecule has 0 heterocycles. The molecular weight excluding hydrogens is 244 g/mol. The minimum Gasteiger partial charge on any atom is -0.504 e. The molecule has 0 aliphatic rings. The molecule has 2 aromatic rings. The lowest BCUT2D eigenvalue weighted by Gasteiger charge is -2.08. The molecule has 19 heavy (non-hydrogen) atoms. The number of ether oxygens (including phenoxy) is 1. The number of anilines is 2. The third-order valence-corrected chi connectivity index (χ3v) is 2.59. The van der Waals surface area contributed by atoms with Gasteiger partial charge < -0.3 is 20.9 Å². The molecule has 0 aromatic heterocycles. The number of rotatable bonds is 3. The Morgan fingerprint density at radius 3 is 2.68 bits per heavy atom. The average molecular weight is 258 g/mol. The van der Waals surface area contributed by atoms with Crippen molar-refractivity contribution in [2.45, 2.75) is 0 Å². The molecule has 5 heteroatoms. The Labute approximate surface area is 110 Å². The lowest BCUT2D eigenvalue weighted by atomic mass is 10.2. The monoisotopic (exact) mass is 258 g/mol. The van der Waals surface area contributed by atoms with Crippen molar-refractivity contribution in [3.05, 3.63) is 48.0 Å². The number of nitrogen functional groups attached to an aromatic ring is 1. The second kappa shape index (κ2) is 5.30. The molecule has 2 aromatic carbocycles. The van der Waals surface area contributed by atoms with Crippen molar-refractivity contribution in [3.63, 3.8) is 0 Å². The van der Waals surface area contributed by atoms with Gasteiger partial charge in [0.2, 0.25) is 0 Å². The van der Waals surface area contributed by atoms with Gasteiger partial charge in [0.1, 0.15) is 0 Å². The van der Waals surface area contributed by atoms with E-state index in [0.29, 0.717) is 22.7 Å². The number of hydrogen-bond donors (Lipinski definition) is 3. The van der Waals surface area contributed by atoms with E-state index in [9.17, 15) is 9.90 Å². The van der Waals surface area contributed by atoms with Crippen molar-refractivity contribution >= 4 is 17.3 Å². The van der Waals surface area contributed by atoms with Gasteiger partial charge in [-0.05, 0) is 36.4 Å². The summed E-state index contributed by atoms with van der Waals surface area (Å²) in [5, 5.41) is 12.3. The molecule has 0 bridgehead atoms. The molecule has 0 radical (unpaired) electrons. The Bertz CT molecular complexity index is 611. The molecule has 0 saturated heterocycles. The summed E-state index contributed by atoms with van der Waals surface area (Å²) in [6, 6.07) is 11.3. The van der Waals surface area contributed by atoms with Gasteiger partial charge in [-0.3, -0.25) is 4.79 Å². The van der Waals surface area contributed by atoms with E-state index in [4.69, 9.17) is 10.5 Å². The van der Waals surface area contributed by atoms with Crippen molar-refractivity contribution < 1.29 is 14.6 Å². The summed E-state index contributed by atoms with van der Waals surface area (Å²) in [6.07, 6.45) is 0. The summed E-state index contributed by atoms with van der Waals surface area (Å²) in [5.41, 5.74) is 7.12. The maximum Gasteiger partial charge on any atom is 0.255 e.